The van der Waals surface area contributed by atoms with Crippen LogP contribution in [0.4, 0.5) is 0 Å². The van der Waals surface area contributed by atoms with Crippen LogP contribution < -0.4 is 0 Å². The second-order valence-corrected chi connectivity index (χ2v) is 1.73. The van der Waals surface area contributed by atoms with Crippen LogP contribution in [0.15, 0.2) is 6.08 Å². The van der Waals surface area contributed by atoms with Gasteiger partial charge in [-0.25, -0.2) is 4.79 Å². The van der Waals surface area contributed by atoms with E-state index >= 15 is 0 Å². The van der Waals surface area contributed by atoms with Crippen molar-refractivity contribution < 1.29 is 17.9 Å². The zero-order valence-electron chi connectivity index (χ0n) is 4.62. The molecule has 0 bridgehead atoms. The summed E-state index contributed by atoms with van der Waals surface area (Å²) in [7, 11) is -1.30. The van der Waals surface area contributed by atoms with Gasteiger partial charge in [-0.1, -0.05) is 0 Å². The lowest BCUT2D eigenvalue weighted by atomic mass is 10.7. The molecule has 0 amide bonds. The van der Waals surface area contributed by atoms with Crippen LogP contribution in [0.25, 0.3) is 0 Å². The summed E-state index contributed by atoms with van der Waals surface area (Å²) in [4.78, 5) is 10.1. The molecule has 9 heavy (non-hydrogen) atoms. The van der Waals surface area contributed by atoms with Gasteiger partial charge in [-0.05, 0) is 0 Å². The highest BCUT2D eigenvalue weighted by atomic mass is 32.2. The Morgan fingerprint density at radius 1 is 1.67 bits per heavy atom. The average molecular weight is 148 g/mol. The Morgan fingerprint density at radius 2 is 2.22 bits per heavy atom. The minimum atomic E-state index is -2.44. The average Bonchev–Trinajstić information content (AvgIpc) is 1.83. The Hall–Kier alpha value is -1.06. The first kappa shape index (κ1) is 7.94. The summed E-state index contributed by atoms with van der Waals surface area (Å²) in [5, 5.41) is 1.71. The van der Waals surface area contributed by atoms with Crippen LogP contribution in [-0.2, 0) is 19.8 Å². The van der Waals surface area contributed by atoms with E-state index in [-0.39, 0.29) is 0 Å². The first-order valence-corrected chi connectivity index (χ1v) is 3.01. The predicted octanol–water partition coefficient (Wildman–Crippen LogP) is -1.00. The number of carbonyl (C=O) groups is 1. The van der Waals surface area contributed by atoms with Crippen LogP contribution in [0, 0.1) is 0 Å². The maximum Gasteiger partial charge on any atom is 0.339 e. The highest BCUT2D eigenvalue weighted by Gasteiger charge is 1.86. The maximum absolute atomic E-state index is 10.1. The van der Waals surface area contributed by atoms with Crippen molar-refractivity contribution in [3.8, 4) is 0 Å². The summed E-state index contributed by atoms with van der Waals surface area (Å²) >= 11 is 0. The minimum absolute atomic E-state index is 0.698. The van der Waals surface area contributed by atoms with Gasteiger partial charge in [0, 0.05) is 5.02 Å². The molecular weight excluding hydrogens is 144 g/mol. The van der Waals surface area contributed by atoms with Gasteiger partial charge in [-0.3, -0.25) is 0 Å². The molecule has 0 saturated carbocycles. The zero-order chi connectivity index (χ0) is 7.28. The van der Waals surface area contributed by atoms with Crippen molar-refractivity contribution in [1.29, 1.82) is 0 Å². The Morgan fingerprint density at radius 3 is 2.56 bits per heavy atom. The van der Waals surface area contributed by atoms with E-state index in [1.165, 1.54) is 0 Å². The molecule has 4 nitrogen and oxygen atoms in total. The third kappa shape index (κ3) is 4.80. The highest BCUT2D eigenvalue weighted by Crippen LogP contribution is 1.67. The van der Waals surface area contributed by atoms with E-state index in [9.17, 15) is 13.2 Å². The molecule has 0 aromatic rings. The molecule has 5 heteroatoms. The molecule has 0 unspecified atom stereocenters. The topological polar surface area (TPSA) is 60.4 Å². The molecule has 0 aliphatic rings. The van der Waals surface area contributed by atoms with Gasteiger partial charge in [-0.15, -0.1) is 0 Å². The van der Waals surface area contributed by atoms with Gasteiger partial charge in [0.15, 0.2) is 0 Å². The van der Waals surface area contributed by atoms with Crippen LogP contribution in [0.1, 0.15) is 0 Å². The van der Waals surface area contributed by atoms with Gasteiger partial charge < -0.3 is 4.74 Å². The first-order chi connectivity index (χ1) is 4.16. The molecule has 0 radical (unpaired) electrons. The van der Waals surface area contributed by atoms with Crippen molar-refractivity contribution in [3.63, 3.8) is 0 Å². The third-order valence-electron chi connectivity index (χ3n) is 0.474. The zero-order valence-corrected chi connectivity index (χ0v) is 5.44. The molecule has 0 aliphatic carbocycles. The van der Waals surface area contributed by atoms with E-state index in [0.717, 1.165) is 7.11 Å². The van der Waals surface area contributed by atoms with Crippen LogP contribution >= 0.6 is 0 Å². The van der Waals surface area contributed by atoms with Crippen LogP contribution in [0.5, 0.6) is 0 Å². The fourth-order valence-electron chi connectivity index (χ4n) is 0.155. The first-order valence-electron chi connectivity index (χ1n) is 1.93. The van der Waals surface area contributed by atoms with Crippen LogP contribution in [0.3, 0.4) is 0 Å². The molecule has 0 heterocycles. The molecule has 0 atom stereocenters. The molecule has 50 valence electrons. The summed E-state index contributed by atoms with van der Waals surface area (Å²) < 4.78 is 23.4. The lowest BCUT2D eigenvalue weighted by Crippen LogP contribution is -1.93. The quantitative estimate of drug-likeness (QED) is 0.272. The number of hydrogen-bond acceptors (Lipinski definition) is 4. The Labute approximate surface area is 53.3 Å². The van der Waals surface area contributed by atoms with Gasteiger partial charge in [-0.2, -0.15) is 8.42 Å². The number of rotatable bonds is 1. The summed E-state index contributed by atoms with van der Waals surface area (Å²) in [6.45, 7) is 0. The third-order valence-corrected chi connectivity index (χ3v) is 0.784. The van der Waals surface area contributed by atoms with Crippen molar-refractivity contribution in [2.24, 2.45) is 0 Å². The van der Waals surface area contributed by atoms with Crippen molar-refractivity contribution >= 4 is 21.3 Å². The molecule has 0 N–H and O–H groups in total. The van der Waals surface area contributed by atoms with Crippen LogP contribution in [0.2, 0.25) is 0 Å². The Balaban J connectivity index is 4.37. The van der Waals surface area contributed by atoms with Crippen molar-refractivity contribution in [1.82, 2.24) is 0 Å². The number of hydrogen-bond donors (Lipinski definition) is 0. The molecule has 0 saturated heterocycles. The normalized spacial score (nSPS) is 7.22. The molecule has 0 rings (SSSR count). The van der Waals surface area contributed by atoms with E-state index in [0.29, 0.717) is 6.08 Å². The Kier molecular flexibility index (Phi) is 3.43. The number of ether oxygens (including phenoxy) is 1. The van der Waals surface area contributed by atoms with Crippen LogP contribution in [-0.4, -0.2) is 26.5 Å². The van der Waals surface area contributed by atoms with E-state index < -0.39 is 16.3 Å². The fraction of sp³-hybridized carbons (Fsp3) is 0.250. The molecule has 0 aromatic carbocycles. The number of carbonyl (C=O) groups excluding carboxylic acids is 1. The summed E-state index contributed by atoms with van der Waals surface area (Å²) in [6, 6.07) is 0. The largest absolute Gasteiger partial charge is 0.465 e. The van der Waals surface area contributed by atoms with Gasteiger partial charge in [0.1, 0.15) is 0 Å². The van der Waals surface area contributed by atoms with E-state index in [1.807, 2.05) is 0 Å². The highest BCUT2D eigenvalue weighted by molar-refractivity contribution is 7.70. The van der Waals surface area contributed by atoms with E-state index in [4.69, 9.17) is 0 Å². The van der Waals surface area contributed by atoms with Gasteiger partial charge >= 0.3 is 5.97 Å². The smallest absolute Gasteiger partial charge is 0.339 e. The lowest BCUT2D eigenvalue weighted by molar-refractivity contribution is -0.134. The molecule has 0 spiro atoms. The standard InChI is InChI=1S/C4H4O4S/c1-8-4(5)2-3-9(6)7/h2H,1H3. The van der Waals surface area contributed by atoms with E-state index in [1.54, 1.807) is 5.02 Å². The molecule has 0 aromatic heterocycles. The monoisotopic (exact) mass is 148 g/mol. The van der Waals surface area contributed by atoms with E-state index in [2.05, 4.69) is 4.74 Å². The summed E-state index contributed by atoms with van der Waals surface area (Å²) in [5.41, 5.74) is 0. The predicted molar refractivity (Wildman–Crippen MR) is 30.5 cm³/mol. The number of esters is 1. The summed E-state index contributed by atoms with van der Waals surface area (Å²) in [5.74, 6) is -0.737. The fourth-order valence-corrected chi connectivity index (χ4v) is 0.348. The van der Waals surface area contributed by atoms with Crippen molar-refractivity contribution in [2.45, 2.75) is 0 Å². The van der Waals surface area contributed by atoms with Gasteiger partial charge in [0.05, 0.1) is 13.2 Å². The lowest BCUT2D eigenvalue weighted by Gasteiger charge is -1.82. The number of methoxy groups -OCH3 is 1. The summed E-state index contributed by atoms with van der Waals surface area (Å²) in [6.07, 6.45) is 0.698. The second-order valence-electron chi connectivity index (χ2n) is 1.02. The van der Waals surface area contributed by atoms with Gasteiger partial charge in [0.25, 0.3) is 10.3 Å². The maximum atomic E-state index is 10.1. The molecule has 0 fully saturated rings. The molecular formula is C4H4O4S. The minimum Gasteiger partial charge on any atom is -0.465 e. The molecule has 0 aliphatic heterocycles. The van der Waals surface area contributed by atoms with Crippen molar-refractivity contribution in [3.05, 3.63) is 6.08 Å². The van der Waals surface area contributed by atoms with Crippen molar-refractivity contribution in [2.75, 3.05) is 7.11 Å². The Bertz CT molecular complexity index is 246. The SMILES string of the molecule is COC(=O)C=C=S(=O)=O. The second kappa shape index (κ2) is 3.88. The van der Waals surface area contributed by atoms with Gasteiger partial charge in [0.2, 0.25) is 0 Å².